The zero-order chi connectivity index (χ0) is 27.6. The molecular weight excluding hydrogens is 490 g/mol. The first-order chi connectivity index (χ1) is 17.5. The van der Waals surface area contributed by atoms with Gasteiger partial charge in [-0.3, -0.25) is 9.59 Å². The number of nitrogens with one attached hydrogen (secondary N) is 2. The summed E-state index contributed by atoms with van der Waals surface area (Å²) in [5, 5.41) is 15.7. The lowest BCUT2D eigenvalue weighted by Crippen LogP contribution is -2.52. The largest absolute Gasteiger partial charge is 0.508 e. The summed E-state index contributed by atoms with van der Waals surface area (Å²) in [7, 11) is 0. The number of phenols is 1. The second-order valence-electron chi connectivity index (χ2n) is 9.56. The second kappa shape index (κ2) is 13.7. The van der Waals surface area contributed by atoms with E-state index in [-0.39, 0.29) is 12.3 Å². The number of hydrogen-bond donors (Lipinski definition) is 3. The van der Waals surface area contributed by atoms with Gasteiger partial charge >= 0.3 is 6.09 Å². The van der Waals surface area contributed by atoms with Crippen molar-refractivity contribution in [3.63, 3.8) is 0 Å². The smallest absolute Gasteiger partial charge is 0.408 e. The molecule has 2 aromatic rings. The van der Waals surface area contributed by atoms with E-state index in [4.69, 9.17) is 4.74 Å². The Morgan fingerprint density at radius 1 is 1.16 bits per heavy atom. The number of aryl methyl sites for hydroxylation is 1. The minimum atomic E-state index is -1.10. The van der Waals surface area contributed by atoms with Crippen molar-refractivity contribution in [1.82, 2.24) is 10.2 Å². The van der Waals surface area contributed by atoms with Crippen LogP contribution in [0.25, 0.3) is 0 Å². The summed E-state index contributed by atoms with van der Waals surface area (Å²) in [4.78, 5) is 41.6. The van der Waals surface area contributed by atoms with Gasteiger partial charge in [0.1, 0.15) is 23.4 Å². The number of ether oxygens (including phenoxy) is 1. The number of carbonyl (C=O) groups excluding carboxylic acids is 3. The number of amides is 3. The van der Waals surface area contributed by atoms with E-state index in [1.54, 1.807) is 39.0 Å². The SMILES string of the molecule is C=CCN(C(=O)C(CCSC)NC(=O)OC(C)(C)C)C(C(=O)Nc1ccccc1C)c1cccc(O)c1. The molecule has 0 bridgehead atoms. The topological polar surface area (TPSA) is 108 Å². The van der Waals surface area contributed by atoms with Crippen molar-refractivity contribution in [2.75, 3.05) is 23.9 Å². The highest BCUT2D eigenvalue weighted by Crippen LogP contribution is 2.28. The van der Waals surface area contributed by atoms with E-state index >= 15 is 0 Å². The van der Waals surface area contributed by atoms with Crippen LogP contribution in [0, 0.1) is 6.92 Å². The third-order valence-electron chi connectivity index (χ3n) is 5.36. The van der Waals surface area contributed by atoms with E-state index in [1.165, 1.54) is 34.9 Å². The molecule has 0 spiro atoms. The summed E-state index contributed by atoms with van der Waals surface area (Å²) in [6.07, 6.45) is 3.04. The van der Waals surface area contributed by atoms with Gasteiger partial charge in [0.15, 0.2) is 0 Å². The molecule has 0 radical (unpaired) electrons. The average Bonchev–Trinajstić information content (AvgIpc) is 2.81. The Morgan fingerprint density at radius 3 is 2.46 bits per heavy atom. The molecule has 3 N–H and O–H groups in total. The highest BCUT2D eigenvalue weighted by Gasteiger charge is 2.36. The number of alkyl carbamates (subject to hydrolysis) is 1. The van der Waals surface area contributed by atoms with Crippen LogP contribution in [-0.4, -0.2) is 58.1 Å². The van der Waals surface area contributed by atoms with Gasteiger partial charge in [0.25, 0.3) is 5.91 Å². The number of hydrogen-bond acceptors (Lipinski definition) is 6. The Hall–Kier alpha value is -3.46. The molecule has 0 saturated carbocycles. The van der Waals surface area contributed by atoms with E-state index in [1.807, 2.05) is 31.4 Å². The summed E-state index contributed by atoms with van der Waals surface area (Å²) < 4.78 is 5.38. The van der Waals surface area contributed by atoms with Crippen molar-refractivity contribution in [2.24, 2.45) is 0 Å². The molecule has 0 fully saturated rings. The molecule has 2 unspecified atom stereocenters. The van der Waals surface area contributed by atoms with Crippen molar-refractivity contribution in [2.45, 2.75) is 51.8 Å². The van der Waals surface area contributed by atoms with Crippen molar-refractivity contribution in [3.8, 4) is 5.75 Å². The second-order valence-corrected chi connectivity index (χ2v) is 10.5. The minimum Gasteiger partial charge on any atom is -0.508 e. The Labute approximate surface area is 223 Å². The van der Waals surface area contributed by atoms with E-state index in [9.17, 15) is 19.5 Å². The van der Waals surface area contributed by atoms with Crippen molar-refractivity contribution in [3.05, 3.63) is 72.3 Å². The Morgan fingerprint density at radius 2 is 1.86 bits per heavy atom. The number of rotatable bonds is 11. The van der Waals surface area contributed by atoms with Crippen LogP contribution in [0.5, 0.6) is 5.75 Å². The van der Waals surface area contributed by atoms with Gasteiger partial charge < -0.3 is 25.4 Å². The molecule has 0 aliphatic carbocycles. The van der Waals surface area contributed by atoms with Gasteiger partial charge in [-0.1, -0.05) is 36.4 Å². The molecule has 9 heteroatoms. The van der Waals surface area contributed by atoms with Crippen LogP contribution in [0.2, 0.25) is 0 Å². The Balaban J connectivity index is 2.49. The van der Waals surface area contributed by atoms with Crippen molar-refractivity contribution < 1.29 is 24.2 Å². The molecule has 0 aromatic heterocycles. The molecule has 0 heterocycles. The molecule has 8 nitrogen and oxygen atoms in total. The van der Waals surface area contributed by atoms with Crippen LogP contribution in [0.4, 0.5) is 10.5 Å². The van der Waals surface area contributed by atoms with Crippen molar-refractivity contribution >= 4 is 35.4 Å². The Kier molecular flexibility index (Phi) is 11.1. The van der Waals surface area contributed by atoms with E-state index in [0.29, 0.717) is 23.4 Å². The standard InChI is InChI=1S/C28H37N3O5S/c1-7-16-31(26(34)23(15-17-37-6)30-27(35)36-28(3,4)5)24(20-12-10-13-21(32)18-20)25(33)29-22-14-9-8-11-19(22)2/h7-14,18,23-24,32H,1,15-17H2,2-6H3,(H,29,33)(H,30,35). The first-order valence-electron chi connectivity index (χ1n) is 12.0. The van der Waals surface area contributed by atoms with Crippen LogP contribution < -0.4 is 10.6 Å². The maximum Gasteiger partial charge on any atom is 0.408 e. The van der Waals surface area contributed by atoms with Crippen LogP contribution in [0.1, 0.15) is 44.4 Å². The number of thioether (sulfide) groups is 1. The number of phenolic OH excluding ortho intramolecular Hbond substituents is 1. The third-order valence-corrected chi connectivity index (χ3v) is 6.00. The molecule has 2 atom stereocenters. The zero-order valence-corrected chi connectivity index (χ0v) is 22.9. The number of carbonyl (C=O) groups is 3. The maximum absolute atomic E-state index is 13.9. The predicted molar refractivity (Wildman–Crippen MR) is 149 cm³/mol. The number of nitrogens with zero attached hydrogens (tertiary/aromatic N) is 1. The molecular formula is C28H37N3O5S. The summed E-state index contributed by atoms with van der Waals surface area (Å²) in [5.41, 5.74) is 1.14. The Bertz CT molecular complexity index is 1100. The maximum atomic E-state index is 13.9. The average molecular weight is 528 g/mol. The number of benzene rings is 2. The van der Waals surface area contributed by atoms with Gasteiger partial charge in [-0.2, -0.15) is 11.8 Å². The van der Waals surface area contributed by atoms with Gasteiger partial charge in [0.05, 0.1) is 0 Å². The lowest BCUT2D eigenvalue weighted by atomic mass is 10.0. The summed E-state index contributed by atoms with van der Waals surface area (Å²) >= 11 is 1.53. The number of anilines is 1. The van der Waals surface area contributed by atoms with Gasteiger partial charge in [-0.05, 0) is 75.5 Å². The van der Waals surface area contributed by atoms with Crippen LogP contribution in [0.15, 0.2) is 61.2 Å². The minimum absolute atomic E-state index is 0.0338. The molecule has 37 heavy (non-hydrogen) atoms. The van der Waals surface area contributed by atoms with Gasteiger partial charge in [-0.15, -0.1) is 6.58 Å². The van der Waals surface area contributed by atoms with Gasteiger partial charge in [0, 0.05) is 12.2 Å². The summed E-state index contributed by atoms with van der Waals surface area (Å²) in [6.45, 7) is 10.9. The van der Waals surface area contributed by atoms with Crippen molar-refractivity contribution in [1.29, 1.82) is 0 Å². The molecule has 0 aliphatic rings. The normalized spacial score (nSPS) is 12.7. The van der Waals surface area contributed by atoms with Crippen LogP contribution in [0.3, 0.4) is 0 Å². The van der Waals surface area contributed by atoms with Gasteiger partial charge in [-0.25, -0.2) is 4.79 Å². The number of para-hydroxylation sites is 1. The molecule has 0 saturated heterocycles. The zero-order valence-electron chi connectivity index (χ0n) is 22.1. The molecule has 200 valence electrons. The fourth-order valence-electron chi connectivity index (χ4n) is 3.69. The first-order valence-corrected chi connectivity index (χ1v) is 13.4. The third kappa shape index (κ3) is 9.17. The summed E-state index contributed by atoms with van der Waals surface area (Å²) in [5.74, 6) is -0.368. The molecule has 0 aliphatic heterocycles. The van der Waals surface area contributed by atoms with E-state index in [2.05, 4.69) is 17.2 Å². The first kappa shape index (κ1) is 29.8. The van der Waals surface area contributed by atoms with Gasteiger partial charge in [0.2, 0.25) is 5.91 Å². The predicted octanol–water partition coefficient (Wildman–Crippen LogP) is 5.04. The molecule has 2 rings (SSSR count). The quantitative estimate of drug-likeness (QED) is 0.353. The molecule has 3 amide bonds. The number of aromatic hydroxyl groups is 1. The van der Waals surface area contributed by atoms with E-state index in [0.717, 1.165) is 5.56 Å². The van der Waals surface area contributed by atoms with E-state index < -0.39 is 35.6 Å². The summed E-state index contributed by atoms with van der Waals surface area (Å²) in [6, 6.07) is 11.5. The lowest BCUT2D eigenvalue weighted by Gasteiger charge is -2.34. The monoisotopic (exact) mass is 527 g/mol. The fraction of sp³-hybridized carbons (Fsp3) is 0.393. The van der Waals surface area contributed by atoms with Crippen LogP contribution in [-0.2, 0) is 14.3 Å². The highest BCUT2D eigenvalue weighted by atomic mass is 32.2. The highest BCUT2D eigenvalue weighted by molar-refractivity contribution is 7.98. The fourth-order valence-corrected chi connectivity index (χ4v) is 4.16. The molecule has 2 aromatic carbocycles. The van der Waals surface area contributed by atoms with Crippen LogP contribution >= 0.6 is 11.8 Å². The lowest BCUT2D eigenvalue weighted by molar-refractivity contribution is -0.140.